The number of nitrogens with one attached hydrogen (secondary N) is 1. The third-order valence-corrected chi connectivity index (χ3v) is 3.24. The lowest BCUT2D eigenvalue weighted by Gasteiger charge is -2.07. The molecule has 1 aromatic heterocycles. The van der Waals surface area contributed by atoms with Crippen LogP contribution in [0, 0.1) is 0 Å². The van der Waals surface area contributed by atoms with Gasteiger partial charge in [0.25, 0.3) is 0 Å². The molecule has 0 aromatic carbocycles. The molecule has 1 amide bonds. The number of nitrogens with two attached hydrogens (primary N) is 1. The molecule has 1 heterocycles. The molecule has 0 aliphatic carbocycles. The molecular weight excluding hydrogens is 278 g/mol. The molecule has 0 spiro atoms. The number of carbonyl (C=O) groups is 2. The van der Waals surface area contributed by atoms with E-state index in [-0.39, 0.29) is 22.6 Å². The van der Waals surface area contributed by atoms with Crippen molar-refractivity contribution in [2.75, 3.05) is 16.8 Å². The SMILES string of the molecule is NC(CSCC(=O)Nc1cccnc1Cl)C(=O)O. The van der Waals surface area contributed by atoms with Crippen molar-refractivity contribution in [3.8, 4) is 0 Å². The van der Waals surface area contributed by atoms with Crippen LogP contribution in [0.2, 0.25) is 5.15 Å². The number of anilines is 1. The summed E-state index contributed by atoms with van der Waals surface area (Å²) in [6.45, 7) is 0. The number of thioether (sulfide) groups is 1. The van der Waals surface area contributed by atoms with Crippen LogP contribution in [0.15, 0.2) is 18.3 Å². The van der Waals surface area contributed by atoms with Gasteiger partial charge in [-0.15, -0.1) is 11.8 Å². The average molecular weight is 290 g/mol. The molecule has 0 radical (unpaired) electrons. The van der Waals surface area contributed by atoms with Crippen LogP contribution in [0.1, 0.15) is 0 Å². The van der Waals surface area contributed by atoms with Gasteiger partial charge in [0, 0.05) is 11.9 Å². The Morgan fingerprint density at radius 3 is 2.94 bits per heavy atom. The number of aliphatic carboxylic acids is 1. The minimum atomic E-state index is -1.08. The molecule has 1 aromatic rings. The normalized spacial score (nSPS) is 11.9. The van der Waals surface area contributed by atoms with Crippen LogP contribution in [0.5, 0.6) is 0 Å². The number of carboxylic acid groups (broad SMARTS) is 1. The molecule has 98 valence electrons. The Bertz CT molecular complexity index is 444. The lowest BCUT2D eigenvalue weighted by Crippen LogP contribution is -2.33. The van der Waals surface area contributed by atoms with E-state index in [9.17, 15) is 9.59 Å². The zero-order chi connectivity index (χ0) is 13.5. The third kappa shape index (κ3) is 4.91. The summed E-state index contributed by atoms with van der Waals surface area (Å²) in [5.41, 5.74) is 5.72. The highest BCUT2D eigenvalue weighted by Crippen LogP contribution is 2.17. The minimum Gasteiger partial charge on any atom is -0.480 e. The first kappa shape index (κ1) is 14.7. The minimum absolute atomic E-state index is 0.103. The fraction of sp³-hybridized carbons (Fsp3) is 0.300. The van der Waals surface area contributed by atoms with Crippen molar-refractivity contribution in [1.82, 2.24) is 4.98 Å². The van der Waals surface area contributed by atoms with Gasteiger partial charge in [0.05, 0.1) is 11.4 Å². The van der Waals surface area contributed by atoms with Gasteiger partial charge in [-0.3, -0.25) is 9.59 Å². The van der Waals surface area contributed by atoms with Crippen LogP contribution in [0.4, 0.5) is 5.69 Å². The first-order valence-corrected chi connectivity index (χ1v) is 6.50. The molecule has 18 heavy (non-hydrogen) atoms. The predicted molar refractivity (Wildman–Crippen MR) is 70.8 cm³/mol. The van der Waals surface area contributed by atoms with E-state index in [1.54, 1.807) is 12.1 Å². The molecule has 0 bridgehead atoms. The molecule has 6 nitrogen and oxygen atoms in total. The second-order valence-electron chi connectivity index (χ2n) is 3.35. The monoisotopic (exact) mass is 289 g/mol. The maximum Gasteiger partial charge on any atom is 0.321 e. The van der Waals surface area contributed by atoms with E-state index >= 15 is 0 Å². The molecule has 0 aliphatic heterocycles. The fourth-order valence-electron chi connectivity index (χ4n) is 1.02. The number of amides is 1. The number of carbonyl (C=O) groups excluding carboxylic acids is 1. The quantitative estimate of drug-likeness (QED) is 0.670. The maximum absolute atomic E-state index is 11.5. The molecule has 0 saturated carbocycles. The Kier molecular flexibility index (Phi) is 5.90. The summed E-state index contributed by atoms with van der Waals surface area (Å²) in [6, 6.07) is 2.31. The summed E-state index contributed by atoms with van der Waals surface area (Å²) in [5.74, 6) is -1.10. The molecule has 1 atom stereocenters. The highest BCUT2D eigenvalue weighted by Gasteiger charge is 2.12. The summed E-state index contributed by atoms with van der Waals surface area (Å²) in [7, 11) is 0. The number of carboxylic acids is 1. The van der Waals surface area contributed by atoms with E-state index in [0.717, 1.165) is 11.8 Å². The van der Waals surface area contributed by atoms with Gasteiger partial charge in [0.1, 0.15) is 6.04 Å². The first-order valence-electron chi connectivity index (χ1n) is 4.97. The molecule has 0 saturated heterocycles. The Morgan fingerprint density at radius 2 is 2.33 bits per heavy atom. The second-order valence-corrected chi connectivity index (χ2v) is 4.74. The average Bonchev–Trinajstić information content (AvgIpc) is 2.32. The highest BCUT2D eigenvalue weighted by molar-refractivity contribution is 8.00. The number of pyridine rings is 1. The Morgan fingerprint density at radius 1 is 1.61 bits per heavy atom. The standard InChI is InChI=1S/C10H12ClN3O3S/c11-9-7(2-1-3-13-9)14-8(15)5-18-4-6(12)10(16)17/h1-3,6H,4-5,12H2,(H,14,15)(H,16,17). The maximum atomic E-state index is 11.5. The largest absolute Gasteiger partial charge is 0.480 e. The number of halogens is 1. The Hall–Kier alpha value is -1.31. The number of hydrogen-bond donors (Lipinski definition) is 3. The molecule has 1 rings (SSSR count). The van der Waals surface area contributed by atoms with E-state index in [0.29, 0.717) is 5.69 Å². The number of aromatic nitrogens is 1. The summed E-state index contributed by atoms with van der Waals surface area (Å²) >= 11 is 6.91. The van der Waals surface area contributed by atoms with Crippen molar-refractivity contribution < 1.29 is 14.7 Å². The zero-order valence-corrected chi connectivity index (χ0v) is 10.9. The van der Waals surface area contributed by atoms with E-state index in [1.165, 1.54) is 6.20 Å². The van der Waals surface area contributed by atoms with E-state index < -0.39 is 12.0 Å². The van der Waals surface area contributed by atoms with Crippen LogP contribution in [0.3, 0.4) is 0 Å². The smallest absolute Gasteiger partial charge is 0.321 e. The molecule has 4 N–H and O–H groups in total. The van der Waals surface area contributed by atoms with E-state index in [2.05, 4.69) is 10.3 Å². The van der Waals surface area contributed by atoms with Gasteiger partial charge in [-0.2, -0.15) is 0 Å². The van der Waals surface area contributed by atoms with Crippen LogP contribution in [-0.2, 0) is 9.59 Å². The zero-order valence-electron chi connectivity index (χ0n) is 9.30. The summed E-state index contributed by atoms with van der Waals surface area (Å²) in [5, 5.41) is 11.3. The Balaban J connectivity index is 2.35. The second kappa shape index (κ2) is 7.20. The van der Waals surface area contributed by atoms with Crippen LogP contribution in [0.25, 0.3) is 0 Å². The predicted octanol–water partition coefficient (Wildman–Crippen LogP) is 0.819. The van der Waals surface area contributed by atoms with Gasteiger partial charge in [-0.1, -0.05) is 11.6 Å². The number of nitrogens with zero attached hydrogens (tertiary/aromatic N) is 1. The van der Waals surface area contributed by atoms with Gasteiger partial charge >= 0.3 is 5.97 Å². The van der Waals surface area contributed by atoms with E-state index in [1.807, 2.05) is 0 Å². The van der Waals surface area contributed by atoms with Gasteiger partial charge in [-0.05, 0) is 12.1 Å². The summed E-state index contributed by atoms with van der Waals surface area (Å²) < 4.78 is 0. The van der Waals surface area contributed by atoms with Gasteiger partial charge in [0.15, 0.2) is 5.15 Å². The van der Waals surface area contributed by atoms with Crippen molar-refractivity contribution in [1.29, 1.82) is 0 Å². The lowest BCUT2D eigenvalue weighted by molar-refractivity contribution is -0.137. The van der Waals surface area contributed by atoms with Crippen molar-refractivity contribution >= 4 is 40.9 Å². The fourth-order valence-corrected chi connectivity index (χ4v) is 1.95. The topological polar surface area (TPSA) is 105 Å². The lowest BCUT2D eigenvalue weighted by atomic mass is 10.4. The highest BCUT2D eigenvalue weighted by atomic mass is 35.5. The first-order chi connectivity index (χ1) is 8.50. The summed E-state index contributed by atoms with van der Waals surface area (Å²) in [4.78, 5) is 25.8. The summed E-state index contributed by atoms with van der Waals surface area (Å²) in [6.07, 6.45) is 1.51. The van der Waals surface area contributed by atoms with Gasteiger partial charge in [-0.25, -0.2) is 4.98 Å². The molecule has 1 unspecified atom stereocenters. The molecular formula is C10H12ClN3O3S. The van der Waals surface area contributed by atoms with Crippen LogP contribution < -0.4 is 11.1 Å². The molecule has 0 aliphatic rings. The van der Waals surface area contributed by atoms with E-state index in [4.69, 9.17) is 22.4 Å². The number of hydrogen-bond acceptors (Lipinski definition) is 5. The molecule has 8 heteroatoms. The van der Waals surface area contributed by atoms with Crippen molar-refractivity contribution in [2.24, 2.45) is 5.73 Å². The van der Waals surface area contributed by atoms with Crippen molar-refractivity contribution in [3.05, 3.63) is 23.5 Å². The third-order valence-electron chi connectivity index (χ3n) is 1.88. The van der Waals surface area contributed by atoms with Crippen molar-refractivity contribution in [2.45, 2.75) is 6.04 Å². The van der Waals surface area contributed by atoms with Crippen LogP contribution >= 0.6 is 23.4 Å². The Labute approximate surface area is 113 Å². The van der Waals surface area contributed by atoms with Crippen LogP contribution in [-0.4, -0.2) is 39.5 Å². The van der Waals surface area contributed by atoms with Gasteiger partial charge in [0.2, 0.25) is 5.91 Å². The van der Waals surface area contributed by atoms with Gasteiger partial charge < -0.3 is 16.2 Å². The number of rotatable bonds is 6. The van der Waals surface area contributed by atoms with Crippen molar-refractivity contribution in [3.63, 3.8) is 0 Å². The molecule has 0 fully saturated rings.